The highest BCUT2D eigenvalue weighted by molar-refractivity contribution is 6.30. The lowest BCUT2D eigenvalue weighted by atomic mass is 10.1. The number of halogens is 1. The van der Waals surface area contributed by atoms with E-state index in [1.54, 1.807) is 14.2 Å². The molecule has 0 spiro atoms. The van der Waals surface area contributed by atoms with Gasteiger partial charge in [0.05, 0.1) is 18.9 Å². The average Bonchev–Trinajstić information content (AvgIpc) is 3.27. The van der Waals surface area contributed by atoms with Gasteiger partial charge >= 0.3 is 0 Å². The fraction of sp³-hybridized carbons (Fsp3) is 0.632. The molecule has 144 valence electrons. The summed E-state index contributed by atoms with van der Waals surface area (Å²) in [7, 11) is 3.47. The summed E-state index contributed by atoms with van der Waals surface area (Å²) < 4.78 is 5.48. The summed E-state index contributed by atoms with van der Waals surface area (Å²) in [4.78, 5) is 6.62. The number of anilines is 1. The van der Waals surface area contributed by atoms with E-state index in [2.05, 4.69) is 20.5 Å². The molecule has 1 aromatic rings. The predicted molar refractivity (Wildman–Crippen MR) is 106 cm³/mol. The van der Waals surface area contributed by atoms with Crippen molar-refractivity contribution in [2.24, 2.45) is 10.9 Å². The molecule has 3 rings (SSSR count). The van der Waals surface area contributed by atoms with Gasteiger partial charge in [-0.15, -0.1) is 0 Å². The van der Waals surface area contributed by atoms with E-state index in [1.165, 1.54) is 0 Å². The third-order valence-electron chi connectivity index (χ3n) is 5.38. The van der Waals surface area contributed by atoms with Crippen molar-refractivity contribution in [3.05, 3.63) is 23.2 Å². The number of ether oxygens (including phenoxy) is 1. The van der Waals surface area contributed by atoms with Crippen LogP contribution in [-0.4, -0.2) is 57.0 Å². The van der Waals surface area contributed by atoms with Crippen LogP contribution in [0.25, 0.3) is 0 Å². The quantitative estimate of drug-likeness (QED) is 0.540. The van der Waals surface area contributed by atoms with Gasteiger partial charge in [-0.1, -0.05) is 18.0 Å². The zero-order valence-corrected chi connectivity index (χ0v) is 16.3. The molecule has 7 heteroatoms. The van der Waals surface area contributed by atoms with E-state index in [1.807, 2.05) is 18.2 Å². The Morgan fingerprint density at radius 3 is 2.92 bits per heavy atom. The first kappa shape index (κ1) is 19.1. The lowest BCUT2D eigenvalue weighted by Crippen LogP contribution is -2.46. The molecule has 2 aliphatic rings. The summed E-state index contributed by atoms with van der Waals surface area (Å²) in [6.07, 6.45) is 3.94. The minimum atomic E-state index is -0.183. The lowest BCUT2D eigenvalue weighted by Gasteiger charge is -2.23. The highest BCUT2D eigenvalue weighted by Gasteiger charge is 2.27. The third kappa shape index (κ3) is 4.54. The molecule has 3 N–H and O–H groups in total. The smallest absolute Gasteiger partial charge is 0.191 e. The number of hydrogen-bond donors (Lipinski definition) is 3. The SMILES string of the molecule is CN=C(NCC1CCCC1O)NC1CCN(c2cc(Cl)ccc2OC)C1. The molecule has 3 unspecified atom stereocenters. The van der Waals surface area contributed by atoms with Crippen LogP contribution in [0.15, 0.2) is 23.2 Å². The van der Waals surface area contributed by atoms with Crippen LogP contribution in [0.2, 0.25) is 5.02 Å². The monoisotopic (exact) mass is 380 g/mol. The summed E-state index contributed by atoms with van der Waals surface area (Å²) >= 11 is 6.16. The van der Waals surface area contributed by atoms with Crippen LogP contribution in [0.1, 0.15) is 25.7 Å². The van der Waals surface area contributed by atoms with Crippen molar-refractivity contribution in [3.63, 3.8) is 0 Å². The number of rotatable bonds is 5. The Morgan fingerprint density at radius 2 is 2.23 bits per heavy atom. The number of aliphatic imine (C=N–C) groups is 1. The van der Waals surface area contributed by atoms with E-state index >= 15 is 0 Å². The topological polar surface area (TPSA) is 69.1 Å². The zero-order valence-electron chi connectivity index (χ0n) is 15.5. The van der Waals surface area contributed by atoms with E-state index < -0.39 is 0 Å². The van der Waals surface area contributed by atoms with Crippen molar-refractivity contribution in [2.45, 2.75) is 37.8 Å². The Hall–Kier alpha value is -1.66. The molecule has 1 saturated heterocycles. The van der Waals surface area contributed by atoms with Crippen LogP contribution in [-0.2, 0) is 0 Å². The molecule has 1 aliphatic carbocycles. The molecule has 0 bridgehead atoms. The highest BCUT2D eigenvalue weighted by Crippen LogP contribution is 2.33. The lowest BCUT2D eigenvalue weighted by molar-refractivity contribution is 0.134. The standard InChI is InChI=1S/C19H29ClN4O2/c1-21-19(22-11-13-4-3-5-17(13)25)23-15-8-9-24(12-15)16-10-14(20)6-7-18(16)26-2/h6-7,10,13,15,17,25H,3-5,8-9,11-12H2,1-2H3,(H2,21,22,23). The van der Waals surface area contributed by atoms with Gasteiger partial charge in [0.15, 0.2) is 5.96 Å². The highest BCUT2D eigenvalue weighted by atomic mass is 35.5. The van der Waals surface area contributed by atoms with E-state index in [4.69, 9.17) is 16.3 Å². The molecule has 26 heavy (non-hydrogen) atoms. The van der Waals surface area contributed by atoms with Crippen molar-refractivity contribution in [1.82, 2.24) is 10.6 Å². The van der Waals surface area contributed by atoms with Crippen molar-refractivity contribution in [1.29, 1.82) is 0 Å². The van der Waals surface area contributed by atoms with Gasteiger partial charge in [0, 0.05) is 43.7 Å². The summed E-state index contributed by atoms with van der Waals surface area (Å²) in [6.45, 7) is 2.57. The number of aliphatic hydroxyl groups excluding tert-OH is 1. The van der Waals surface area contributed by atoms with Gasteiger partial charge in [-0.05, 0) is 37.5 Å². The first-order valence-electron chi connectivity index (χ1n) is 9.34. The van der Waals surface area contributed by atoms with Crippen LogP contribution in [0.4, 0.5) is 5.69 Å². The number of methoxy groups -OCH3 is 1. The summed E-state index contributed by atoms with van der Waals surface area (Å²) in [5.41, 5.74) is 1.03. The molecule has 1 heterocycles. The van der Waals surface area contributed by atoms with Crippen molar-refractivity contribution in [2.75, 3.05) is 38.7 Å². The fourth-order valence-electron chi connectivity index (χ4n) is 3.88. The number of benzene rings is 1. The Kier molecular flexibility index (Phi) is 6.48. The molecular weight excluding hydrogens is 352 g/mol. The zero-order chi connectivity index (χ0) is 18.5. The predicted octanol–water partition coefficient (Wildman–Crippen LogP) is 2.25. The molecular formula is C19H29ClN4O2. The average molecular weight is 381 g/mol. The molecule has 3 atom stereocenters. The maximum atomic E-state index is 9.96. The molecule has 2 fully saturated rings. The minimum absolute atomic E-state index is 0.183. The molecule has 1 saturated carbocycles. The van der Waals surface area contributed by atoms with Gasteiger partial charge in [0.25, 0.3) is 0 Å². The first-order chi connectivity index (χ1) is 12.6. The van der Waals surface area contributed by atoms with Crippen molar-refractivity contribution >= 4 is 23.2 Å². The number of aliphatic hydroxyl groups is 1. The van der Waals surface area contributed by atoms with Gasteiger partial charge in [0.2, 0.25) is 0 Å². The third-order valence-corrected chi connectivity index (χ3v) is 5.62. The molecule has 0 amide bonds. The van der Waals surface area contributed by atoms with Crippen LogP contribution in [0, 0.1) is 5.92 Å². The Bertz CT molecular complexity index is 640. The van der Waals surface area contributed by atoms with Gasteiger partial charge in [-0.25, -0.2) is 0 Å². The van der Waals surface area contributed by atoms with Crippen LogP contribution >= 0.6 is 11.6 Å². The molecule has 6 nitrogen and oxygen atoms in total. The number of nitrogens with one attached hydrogen (secondary N) is 2. The maximum absolute atomic E-state index is 9.96. The molecule has 1 aliphatic heterocycles. The number of nitrogens with zero attached hydrogens (tertiary/aromatic N) is 2. The van der Waals surface area contributed by atoms with E-state index in [0.29, 0.717) is 17.0 Å². The first-order valence-corrected chi connectivity index (χ1v) is 9.72. The normalized spacial score (nSPS) is 26.2. The largest absolute Gasteiger partial charge is 0.495 e. The number of hydrogen-bond acceptors (Lipinski definition) is 4. The Balaban J connectivity index is 1.54. The van der Waals surface area contributed by atoms with Crippen molar-refractivity contribution in [3.8, 4) is 5.75 Å². The maximum Gasteiger partial charge on any atom is 0.191 e. The van der Waals surface area contributed by atoms with E-state index in [0.717, 1.165) is 62.7 Å². The van der Waals surface area contributed by atoms with Gasteiger partial charge in [0.1, 0.15) is 5.75 Å². The van der Waals surface area contributed by atoms with Crippen LogP contribution < -0.4 is 20.3 Å². The summed E-state index contributed by atoms with van der Waals surface area (Å²) in [6, 6.07) is 6.01. The van der Waals surface area contributed by atoms with Crippen LogP contribution in [0.3, 0.4) is 0 Å². The Morgan fingerprint density at radius 1 is 1.38 bits per heavy atom. The molecule has 1 aromatic carbocycles. The second-order valence-electron chi connectivity index (χ2n) is 7.10. The van der Waals surface area contributed by atoms with E-state index in [-0.39, 0.29) is 6.10 Å². The molecule has 0 aromatic heterocycles. The number of guanidine groups is 1. The van der Waals surface area contributed by atoms with E-state index in [9.17, 15) is 5.11 Å². The van der Waals surface area contributed by atoms with Gasteiger partial charge in [-0.2, -0.15) is 0 Å². The second-order valence-corrected chi connectivity index (χ2v) is 7.54. The second kappa shape index (κ2) is 8.82. The molecule has 0 radical (unpaired) electrons. The van der Waals surface area contributed by atoms with Crippen LogP contribution in [0.5, 0.6) is 5.75 Å². The minimum Gasteiger partial charge on any atom is -0.495 e. The van der Waals surface area contributed by atoms with Gasteiger partial charge < -0.3 is 25.4 Å². The van der Waals surface area contributed by atoms with Gasteiger partial charge in [-0.3, -0.25) is 4.99 Å². The summed E-state index contributed by atoms with van der Waals surface area (Å²) in [5.74, 6) is 1.96. The Labute approximate surface area is 160 Å². The van der Waals surface area contributed by atoms with Crippen molar-refractivity contribution < 1.29 is 9.84 Å². The summed E-state index contributed by atoms with van der Waals surface area (Å²) in [5, 5.41) is 17.5. The fourth-order valence-corrected chi connectivity index (χ4v) is 4.04.